The van der Waals surface area contributed by atoms with E-state index >= 15 is 0 Å². The lowest BCUT2D eigenvalue weighted by atomic mass is 10.3. The van der Waals surface area contributed by atoms with Gasteiger partial charge in [0.05, 0.1) is 13.7 Å². The fourth-order valence-corrected chi connectivity index (χ4v) is 2.37. The maximum Gasteiger partial charge on any atom is 0.134 e. The first-order valence-electron chi connectivity index (χ1n) is 8.70. The number of hydrogen-bond acceptors (Lipinski definition) is 6. The third-order valence-electron chi connectivity index (χ3n) is 3.80. The summed E-state index contributed by atoms with van der Waals surface area (Å²) in [5.41, 5.74) is 0. The van der Waals surface area contributed by atoms with E-state index in [1.165, 1.54) is 6.42 Å². The molecule has 1 aromatic carbocycles. The number of aryl methyl sites for hydroxylation is 1. The Morgan fingerprint density at radius 1 is 1.12 bits per heavy atom. The van der Waals surface area contributed by atoms with E-state index in [0.717, 1.165) is 41.9 Å². The number of unbranched alkanes of at least 4 members (excludes halogenated alkanes) is 1. The van der Waals surface area contributed by atoms with Gasteiger partial charge >= 0.3 is 0 Å². The van der Waals surface area contributed by atoms with Crippen LogP contribution in [0.2, 0.25) is 0 Å². The van der Waals surface area contributed by atoms with Gasteiger partial charge in [-0.25, -0.2) is 9.97 Å². The first-order valence-corrected chi connectivity index (χ1v) is 8.70. The van der Waals surface area contributed by atoms with Gasteiger partial charge in [-0.15, -0.1) is 0 Å². The van der Waals surface area contributed by atoms with Crippen LogP contribution in [0.3, 0.4) is 0 Å². The van der Waals surface area contributed by atoms with Crippen LogP contribution < -0.4 is 19.7 Å². The van der Waals surface area contributed by atoms with E-state index in [9.17, 15) is 0 Å². The highest BCUT2D eigenvalue weighted by Gasteiger charge is 2.06. The van der Waals surface area contributed by atoms with Crippen molar-refractivity contribution in [2.24, 2.45) is 0 Å². The molecule has 0 unspecified atom stereocenters. The maximum atomic E-state index is 5.72. The summed E-state index contributed by atoms with van der Waals surface area (Å²) < 4.78 is 10.8. The van der Waals surface area contributed by atoms with Gasteiger partial charge in [-0.2, -0.15) is 0 Å². The molecule has 0 aliphatic heterocycles. The van der Waals surface area contributed by atoms with Crippen LogP contribution in [0.1, 0.15) is 25.6 Å². The third-order valence-corrected chi connectivity index (χ3v) is 3.80. The SMILES string of the molecule is CCCCN(C)c1cc(NCCOc2ccc(OC)cc2)nc(C)n1. The Balaban J connectivity index is 1.84. The minimum absolute atomic E-state index is 0.552. The highest BCUT2D eigenvalue weighted by molar-refractivity contribution is 5.48. The van der Waals surface area contributed by atoms with Gasteiger partial charge in [0.2, 0.25) is 0 Å². The summed E-state index contributed by atoms with van der Waals surface area (Å²) in [6, 6.07) is 9.54. The van der Waals surface area contributed by atoms with Gasteiger partial charge in [-0.05, 0) is 37.6 Å². The van der Waals surface area contributed by atoms with E-state index in [1.54, 1.807) is 7.11 Å². The minimum Gasteiger partial charge on any atom is -0.497 e. The van der Waals surface area contributed by atoms with Crippen molar-refractivity contribution in [3.63, 3.8) is 0 Å². The van der Waals surface area contributed by atoms with E-state index in [-0.39, 0.29) is 0 Å². The smallest absolute Gasteiger partial charge is 0.134 e. The van der Waals surface area contributed by atoms with Gasteiger partial charge in [-0.1, -0.05) is 13.3 Å². The average molecular weight is 344 g/mol. The molecule has 0 aliphatic rings. The summed E-state index contributed by atoms with van der Waals surface area (Å²) in [4.78, 5) is 11.1. The molecule has 1 heterocycles. The molecule has 1 aromatic heterocycles. The Labute approximate surface area is 150 Å². The molecule has 0 atom stereocenters. The van der Waals surface area contributed by atoms with Crippen molar-refractivity contribution in [1.29, 1.82) is 0 Å². The predicted octanol–water partition coefficient (Wildman–Crippen LogP) is 3.52. The van der Waals surface area contributed by atoms with Crippen LogP contribution >= 0.6 is 0 Å². The summed E-state index contributed by atoms with van der Waals surface area (Å²) in [5.74, 6) is 4.17. The molecule has 0 saturated carbocycles. The second kappa shape index (κ2) is 9.71. The zero-order chi connectivity index (χ0) is 18.1. The van der Waals surface area contributed by atoms with E-state index in [4.69, 9.17) is 9.47 Å². The van der Waals surface area contributed by atoms with Crippen molar-refractivity contribution in [1.82, 2.24) is 9.97 Å². The van der Waals surface area contributed by atoms with E-state index < -0.39 is 0 Å². The Kier molecular flexibility index (Phi) is 7.32. The van der Waals surface area contributed by atoms with Crippen molar-refractivity contribution < 1.29 is 9.47 Å². The summed E-state index contributed by atoms with van der Waals surface area (Å²) in [6.45, 7) is 6.31. The molecular weight excluding hydrogens is 316 g/mol. The van der Waals surface area contributed by atoms with Crippen LogP contribution in [0, 0.1) is 6.92 Å². The first kappa shape index (κ1) is 18.8. The minimum atomic E-state index is 0.552. The van der Waals surface area contributed by atoms with Crippen molar-refractivity contribution in [3.05, 3.63) is 36.2 Å². The lowest BCUT2D eigenvalue weighted by Crippen LogP contribution is -2.21. The summed E-state index contributed by atoms with van der Waals surface area (Å²) >= 11 is 0. The fourth-order valence-electron chi connectivity index (χ4n) is 2.37. The molecule has 6 heteroatoms. The van der Waals surface area contributed by atoms with Gasteiger partial charge in [0, 0.05) is 19.7 Å². The Bertz CT molecular complexity index is 646. The summed E-state index contributed by atoms with van der Waals surface area (Å²) in [6.07, 6.45) is 2.32. The van der Waals surface area contributed by atoms with Crippen LogP contribution in [0.4, 0.5) is 11.6 Å². The molecule has 0 saturated heterocycles. The Morgan fingerprint density at radius 3 is 2.52 bits per heavy atom. The van der Waals surface area contributed by atoms with Crippen molar-refractivity contribution in [2.75, 3.05) is 44.1 Å². The standard InChI is InChI=1S/C19H28N4O2/c1-5-6-12-23(3)19-14-18(21-15(2)22-19)20-11-13-25-17-9-7-16(24-4)8-10-17/h7-10,14H,5-6,11-13H2,1-4H3,(H,20,21,22). The average Bonchev–Trinajstić information content (AvgIpc) is 2.63. The van der Waals surface area contributed by atoms with E-state index in [0.29, 0.717) is 13.2 Å². The second-order valence-corrected chi connectivity index (χ2v) is 5.88. The van der Waals surface area contributed by atoms with Crippen LogP contribution in [-0.4, -0.2) is 43.8 Å². The molecule has 0 amide bonds. The van der Waals surface area contributed by atoms with Gasteiger partial charge in [-0.3, -0.25) is 0 Å². The quantitative estimate of drug-likeness (QED) is 0.666. The number of rotatable bonds is 10. The highest BCUT2D eigenvalue weighted by atomic mass is 16.5. The number of aromatic nitrogens is 2. The number of benzene rings is 1. The summed E-state index contributed by atoms with van der Waals surface area (Å²) in [5, 5.41) is 3.30. The van der Waals surface area contributed by atoms with E-state index in [2.05, 4.69) is 34.2 Å². The zero-order valence-corrected chi connectivity index (χ0v) is 15.6. The van der Waals surface area contributed by atoms with Crippen LogP contribution in [0.25, 0.3) is 0 Å². The van der Waals surface area contributed by atoms with Crippen molar-refractivity contribution in [2.45, 2.75) is 26.7 Å². The molecule has 0 bridgehead atoms. The highest BCUT2D eigenvalue weighted by Crippen LogP contribution is 2.17. The lowest BCUT2D eigenvalue weighted by Gasteiger charge is -2.19. The molecule has 1 N–H and O–H groups in total. The van der Waals surface area contributed by atoms with Crippen molar-refractivity contribution in [3.8, 4) is 11.5 Å². The largest absolute Gasteiger partial charge is 0.497 e. The second-order valence-electron chi connectivity index (χ2n) is 5.88. The van der Waals surface area contributed by atoms with Crippen LogP contribution in [0.5, 0.6) is 11.5 Å². The topological polar surface area (TPSA) is 59.5 Å². The van der Waals surface area contributed by atoms with Crippen LogP contribution in [0.15, 0.2) is 30.3 Å². The number of nitrogens with zero attached hydrogens (tertiary/aromatic N) is 3. The molecule has 0 spiro atoms. The van der Waals surface area contributed by atoms with Crippen molar-refractivity contribution >= 4 is 11.6 Å². The zero-order valence-electron chi connectivity index (χ0n) is 15.6. The molecule has 136 valence electrons. The lowest BCUT2D eigenvalue weighted by molar-refractivity contribution is 0.331. The fraction of sp³-hybridized carbons (Fsp3) is 0.474. The predicted molar refractivity (Wildman–Crippen MR) is 102 cm³/mol. The van der Waals surface area contributed by atoms with Gasteiger partial charge in [0.25, 0.3) is 0 Å². The Hall–Kier alpha value is -2.50. The van der Waals surface area contributed by atoms with E-state index in [1.807, 2.05) is 37.3 Å². The van der Waals surface area contributed by atoms with Gasteiger partial charge < -0.3 is 19.7 Å². The normalized spacial score (nSPS) is 10.4. The third kappa shape index (κ3) is 6.14. The molecule has 0 fully saturated rings. The molecule has 6 nitrogen and oxygen atoms in total. The first-order chi connectivity index (χ1) is 12.1. The monoisotopic (exact) mass is 344 g/mol. The summed E-state index contributed by atoms with van der Waals surface area (Å²) in [7, 11) is 3.71. The molecule has 25 heavy (non-hydrogen) atoms. The molecule has 2 aromatic rings. The molecule has 0 radical (unpaired) electrons. The molecule has 0 aliphatic carbocycles. The number of ether oxygens (including phenoxy) is 2. The maximum absolute atomic E-state index is 5.72. The molecular formula is C19H28N4O2. The number of nitrogens with one attached hydrogen (secondary N) is 1. The molecule has 2 rings (SSSR count). The van der Waals surface area contributed by atoms with Gasteiger partial charge in [0.1, 0.15) is 35.6 Å². The number of hydrogen-bond donors (Lipinski definition) is 1. The Morgan fingerprint density at radius 2 is 1.84 bits per heavy atom. The van der Waals surface area contributed by atoms with Gasteiger partial charge in [0.15, 0.2) is 0 Å². The number of anilines is 2. The van der Waals surface area contributed by atoms with Crippen LogP contribution in [-0.2, 0) is 0 Å². The number of methoxy groups -OCH3 is 1.